The maximum absolute atomic E-state index is 7.75. The van der Waals surface area contributed by atoms with Gasteiger partial charge < -0.3 is 19.9 Å². The molecule has 0 aromatic heterocycles. The van der Waals surface area contributed by atoms with E-state index in [0.29, 0.717) is 31.6 Å². The Bertz CT molecular complexity index is 198. The minimum Gasteiger partial charge on any atom is -0.395 e. The van der Waals surface area contributed by atoms with E-state index in [9.17, 15) is 0 Å². The Morgan fingerprint density at radius 2 is 1.47 bits per heavy atom. The molecule has 0 unspecified atom stereocenters. The van der Waals surface area contributed by atoms with Crippen molar-refractivity contribution in [2.24, 2.45) is 17.6 Å². The molecule has 106 valence electrons. The summed E-state index contributed by atoms with van der Waals surface area (Å²) in [6.07, 6.45) is 0. The number of aliphatic hydroxyl groups excluding tert-OH is 1. The monoisotopic (exact) mass is 303 g/mol. The Hall–Kier alpha value is 0.840. The summed E-state index contributed by atoms with van der Waals surface area (Å²) in [4.78, 5) is 0. The third-order valence-corrected chi connectivity index (χ3v) is 3.55. The van der Waals surface area contributed by atoms with Gasteiger partial charge in [-0.3, -0.25) is 0 Å². The molecule has 0 aromatic carbocycles. The minimum atomic E-state index is -2.27. The van der Waals surface area contributed by atoms with Gasteiger partial charge in [-0.05, 0) is 23.6 Å². The number of hydrogen-bond donors (Lipinski definition) is 3. The van der Waals surface area contributed by atoms with Crippen LogP contribution in [0.5, 0.6) is 0 Å². The van der Waals surface area contributed by atoms with Gasteiger partial charge in [-0.2, -0.15) is 0 Å². The quantitative estimate of drug-likeness (QED) is 0.498. The van der Waals surface area contributed by atoms with Crippen LogP contribution in [-0.2, 0) is 20.9 Å². The first-order valence-corrected chi connectivity index (χ1v) is 9.47. The zero-order chi connectivity index (χ0) is 13.9. The predicted octanol–water partition coefficient (Wildman–Crippen LogP) is 2.42. The van der Waals surface area contributed by atoms with Gasteiger partial charge >= 0.3 is 0 Å². The molecule has 0 spiro atoms. The normalized spacial score (nSPS) is 11.6. The molecule has 0 heterocycles. The fraction of sp³-hybridized carbons (Fsp3) is 1.00. The lowest BCUT2D eigenvalue weighted by atomic mass is 10.2. The highest BCUT2D eigenvalue weighted by atomic mass is 32.9. The Labute approximate surface area is 116 Å². The molecule has 0 aliphatic heterocycles. The maximum Gasteiger partial charge on any atom is 0.244 e. The number of thiol groups is 1. The predicted molar refractivity (Wildman–Crippen MR) is 81.0 cm³/mol. The van der Waals surface area contributed by atoms with Crippen molar-refractivity contribution in [2.75, 3.05) is 26.4 Å². The third-order valence-electron chi connectivity index (χ3n) is 1.27. The van der Waals surface area contributed by atoms with Crippen molar-refractivity contribution in [3.63, 3.8) is 0 Å². The van der Waals surface area contributed by atoms with Gasteiger partial charge in [0.2, 0.25) is 5.69 Å². The zero-order valence-electron chi connectivity index (χ0n) is 11.1. The van der Waals surface area contributed by atoms with Gasteiger partial charge in [0.1, 0.15) is 0 Å². The third kappa shape index (κ3) is 19.4. The number of aliphatic hydroxyl groups is 1. The summed E-state index contributed by atoms with van der Waals surface area (Å²) in [7, 11) is 0. The summed E-state index contributed by atoms with van der Waals surface area (Å²) < 4.78 is 10.8. The minimum absolute atomic E-state index is 0.0972. The Morgan fingerprint density at radius 1 is 1.18 bits per heavy atom. The van der Waals surface area contributed by atoms with E-state index in [0.717, 1.165) is 0 Å². The van der Waals surface area contributed by atoms with Crippen molar-refractivity contribution < 1.29 is 14.2 Å². The highest BCUT2D eigenvalue weighted by Gasteiger charge is 2.14. The summed E-state index contributed by atoms with van der Waals surface area (Å²) in [5, 5.41) is 7.75. The van der Waals surface area contributed by atoms with Crippen LogP contribution in [0.2, 0.25) is 0 Å². The number of nitrogens with two attached hydrogens (primary N) is 1. The van der Waals surface area contributed by atoms with Gasteiger partial charge in [0, 0.05) is 6.54 Å². The van der Waals surface area contributed by atoms with Crippen LogP contribution >= 0.6 is 17.9 Å². The Kier molecular flexibility index (Phi) is 14.1. The van der Waals surface area contributed by atoms with Gasteiger partial charge in [0.05, 0.1) is 19.8 Å². The van der Waals surface area contributed by atoms with Crippen LogP contribution in [-0.4, -0.2) is 31.5 Å². The Morgan fingerprint density at radius 3 is 1.65 bits per heavy atom. The van der Waals surface area contributed by atoms with E-state index in [1.165, 1.54) is 0 Å². The van der Waals surface area contributed by atoms with Crippen LogP contribution in [0.3, 0.4) is 0 Å². The van der Waals surface area contributed by atoms with Crippen LogP contribution in [0.1, 0.15) is 27.7 Å². The lowest BCUT2D eigenvalue weighted by Crippen LogP contribution is -2.03. The lowest BCUT2D eigenvalue weighted by Gasteiger charge is -2.18. The van der Waals surface area contributed by atoms with Crippen molar-refractivity contribution in [1.29, 1.82) is 0 Å². The molecule has 3 N–H and O–H groups in total. The van der Waals surface area contributed by atoms with E-state index in [-0.39, 0.29) is 6.61 Å². The summed E-state index contributed by atoms with van der Waals surface area (Å²) in [5.41, 5.74) is 2.51. The van der Waals surface area contributed by atoms with Crippen molar-refractivity contribution in [2.45, 2.75) is 27.7 Å². The second-order valence-electron chi connectivity index (χ2n) is 4.36. The first-order chi connectivity index (χ1) is 7.75. The van der Waals surface area contributed by atoms with Crippen molar-refractivity contribution in [1.82, 2.24) is 0 Å². The van der Waals surface area contributed by atoms with Crippen LogP contribution in [0, 0.1) is 11.8 Å². The van der Waals surface area contributed by atoms with Crippen LogP contribution in [0.15, 0.2) is 0 Å². The zero-order valence-corrected chi connectivity index (χ0v) is 13.7. The number of rotatable bonds is 7. The van der Waals surface area contributed by atoms with Gasteiger partial charge in [-0.25, -0.2) is 0 Å². The molecule has 0 aliphatic carbocycles. The molecule has 0 rings (SSSR count). The Balaban J connectivity index is 0. The van der Waals surface area contributed by atoms with Crippen LogP contribution < -0.4 is 5.73 Å². The molecule has 0 fully saturated rings. The summed E-state index contributed by atoms with van der Waals surface area (Å²) >= 11 is 9.33. The highest BCUT2D eigenvalue weighted by Crippen LogP contribution is 2.53. The summed E-state index contributed by atoms with van der Waals surface area (Å²) in [6, 6.07) is 0. The SMILES string of the molecule is CC(C)COP(=S)(S)OCC(C)C.NCCO. The van der Waals surface area contributed by atoms with E-state index in [1.807, 2.05) is 0 Å². The van der Waals surface area contributed by atoms with Crippen LogP contribution in [0.25, 0.3) is 0 Å². The van der Waals surface area contributed by atoms with Gasteiger partial charge in [-0.1, -0.05) is 39.9 Å². The molecule has 0 amide bonds. The fourth-order valence-electron chi connectivity index (χ4n) is 0.524. The smallest absolute Gasteiger partial charge is 0.244 e. The largest absolute Gasteiger partial charge is 0.395 e. The molecule has 0 aromatic rings. The fourth-order valence-corrected chi connectivity index (χ4v) is 2.34. The average Bonchev–Trinajstić information content (AvgIpc) is 2.24. The number of hydrogen-bond acceptors (Lipinski definition) is 5. The molecule has 17 heavy (non-hydrogen) atoms. The van der Waals surface area contributed by atoms with Crippen molar-refractivity contribution in [3.05, 3.63) is 0 Å². The standard InChI is InChI=1S/C8H19O2PS2.C2H7NO/c1-7(2)5-9-11(12,13)10-6-8(3)4;3-1-2-4/h7-8H,5-6H2,1-4H3,(H,12,13);4H,1-3H2. The first-order valence-electron chi connectivity index (χ1n) is 5.68. The van der Waals surface area contributed by atoms with Crippen LogP contribution in [0.4, 0.5) is 0 Å². The molecule has 4 nitrogen and oxygen atoms in total. The maximum atomic E-state index is 7.75. The van der Waals surface area contributed by atoms with E-state index < -0.39 is 5.69 Å². The van der Waals surface area contributed by atoms with Gasteiger partial charge in [0.15, 0.2) is 0 Å². The van der Waals surface area contributed by atoms with E-state index in [4.69, 9.17) is 31.7 Å². The van der Waals surface area contributed by atoms with Crippen molar-refractivity contribution in [3.8, 4) is 0 Å². The second kappa shape index (κ2) is 11.9. The molecule has 0 radical (unpaired) electrons. The lowest BCUT2D eigenvalue weighted by molar-refractivity contribution is 0.219. The van der Waals surface area contributed by atoms with E-state index in [1.54, 1.807) is 0 Å². The van der Waals surface area contributed by atoms with E-state index in [2.05, 4.69) is 39.9 Å². The summed E-state index contributed by atoms with van der Waals surface area (Å²) in [5.74, 6) is 0.939. The molecule has 0 saturated heterocycles. The van der Waals surface area contributed by atoms with E-state index >= 15 is 0 Å². The second-order valence-corrected chi connectivity index (χ2v) is 9.65. The molecule has 7 heteroatoms. The molecule has 0 saturated carbocycles. The highest BCUT2D eigenvalue weighted by molar-refractivity contribution is 8.60. The molecular formula is C10H26NO3PS2. The summed E-state index contributed by atoms with van der Waals surface area (Å²) in [6.45, 7) is 10.0. The topological polar surface area (TPSA) is 64.7 Å². The molecule has 0 bridgehead atoms. The molecular weight excluding hydrogens is 277 g/mol. The molecule has 0 aliphatic rings. The van der Waals surface area contributed by atoms with Gasteiger partial charge in [0.25, 0.3) is 0 Å². The average molecular weight is 303 g/mol. The first kappa shape index (κ1) is 20.2. The molecule has 0 atom stereocenters. The van der Waals surface area contributed by atoms with Crippen molar-refractivity contribution >= 4 is 29.7 Å². The van der Waals surface area contributed by atoms with Gasteiger partial charge in [-0.15, -0.1) is 0 Å².